The van der Waals surface area contributed by atoms with E-state index in [9.17, 15) is 0 Å². The van der Waals surface area contributed by atoms with Crippen molar-refractivity contribution in [3.05, 3.63) is 64.1 Å². The molecule has 0 fully saturated rings. The monoisotopic (exact) mass is 305 g/mol. The van der Waals surface area contributed by atoms with Gasteiger partial charge in [-0.05, 0) is 42.3 Å². The fraction of sp³-hybridized carbons (Fsp3) is 0.200. The van der Waals surface area contributed by atoms with Crippen molar-refractivity contribution in [3.8, 4) is 5.75 Å². The maximum absolute atomic E-state index is 5.80. The molecule has 0 spiro atoms. The molecule has 0 saturated heterocycles. The summed E-state index contributed by atoms with van der Waals surface area (Å²) in [6.45, 7) is 2.54. The predicted octanol–water partition coefficient (Wildman–Crippen LogP) is 4.05. The van der Waals surface area contributed by atoms with Gasteiger partial charge in [-0.3, -0.25) is 0 Å². The summed E-state index contributed by atoms with van der Waals surface area (Å²) in [5.74, 6) is 0.861. The first kappa shape index (κ1) is 13.1. The lowest BCUT2D eigenvalue weighted by molar-refractivity contribution is 0.306. The third kappa shape index (κ3) is 3.59. The number of nitrogens with two attached hydrogens (primary N) is 1. The van der Waals surface area contributed by atoms with Gasteiger partial charge in [-0.1, -0.05) is 40.2 Å². The van der Waals surface area contributed by atoms with Crippen molar-refractivity contribution >= 4 is 15.9 Å². The Kier molecular flexibility index (Phi) is 4.39. The zero-order valence-electron chi connectivity index (χ0n) is 10.3. The minimum atomic E-state index is 0.0594. The third-order valence-electron chi connectivity index (χ3n) is 2.70. The van der Waals surface area contributed by atoms with Crippen molar-refractivity contribution in [1.29, 1.82) is 0 Å². The van der Waals surface area contributed by atoms with E-state index in [0.29, 0.717) is 6.61 Å². The lowest BCUT2D eigenvalue weighted by Gasteiger charge is -2.09. The molecule has 2 nitrogen and oxygen atoms in total. The Balaban J connectivity index is 1.98. The van der Waals surface area contributed by atoms with Crippen LogP contribution in [0.15, 0.2) is 53.0 Å². The van der Waals surface area contributed by atoms with Gasteiger partial charge in [0.05, 0.1) is 0 Å². The predicted molar refractivity (Wildman–Crippen MR) is 77.5 cm³/mol. The third-order valence-corrected chi connectivity index (χ3v) is 3.19. The summed E-state index contributed by atoms with van der Waals surface area (Å²) in [6, 6.07) is 16.1. The second-order valence-electron chi connectivity index (χ2n) is 4.28. The van der Waals surface area contributed by atoms with E-state index in [2.05, 4.69) is 22.0 Å². The molecule has 2 aromatic rings. The van der Waals surface area contributed by atoms with Gasteiger partial charge in [0.2, 0.25) is 0 Å². The Morgan fingerprint density at radius 3 is 2.50 bits per heavy atom. The summed E-state index contributed by atoms with van der Waals surface area (Å²) >= 11 is 3.44. The van der Waals surface area contributed by atoms with Gasteiger partial charge in [-0.25, -0.2) is 0 Å². The molecule has 0 heterocycles. The summed E-state index contributed by atoms with van der Waals surface area (Å²) in [7, 11) is 0. The molecular formula is C15H16BrNO. The zero-order chi connectivity index (χ0) is 13.0. The summed E-state index contributed by atoms with van der Waals surface area (Å²) in [5.41, 5.74) is 8.05. The SMILES string of the molecule is CC(N)c1ccc(OCc2cccc(Br)c2)cc1. The molecule has 2 N–H and O–H groups in total. The van der Waals surface area contributed by atoms with Gasteiger partial charge in [-0.2, -0.15) is 0 Å². The van der Waals surface area contributed by atoms with E-state index in [4.69, 9.17) is 10.5 Å². The molecule has 18 heavy (non-hydrogen) atoms. The number of halogens is 1. The van der Waals surface area contributed by atoms with Crippen LogP contribution in [0.5, 0.6) is 5.75 Å². The van der Waals surface area contributed by atoms with Crippen LogP contribution in [0.1, 0.15) is 24.1 Å². The average molecular weight is 306 g/mol. The minimum absolute atomic E-state index is 0.0594. The van der Waals surface area contributed by atoms with Crippen molar-refractivity contribution < 1.29 is 4.74 Å². The first-order valence-electron chi connectivity index (χ1n) is 5.88. The van der Waals surface area contributed by atoms with Gasteiger partial charge in [-0.15, -0.1) is 0 Å². The van der Waals surface area contributed by atoms with Gasteiger partial charge in [0.1, 0.15) is 12.4 Å². The van der Waals surface area contributed by atoms with E-state index < -0.39 is 0 Å². The molecule has 94 valence electrons. The highest BCUT2D eigenvalue weighted by Crippen LogP contribution is 2.18. The average Bonchev–Trinajstić information content (AvgIpc) is 2.37. The number of hydrogen-bond donors (Lipinski definition) is 1. The Morgan fingerprint density at radius 2 is 1.89 bits per heavy atom. The van der Waals surface area contributed by atoms with Gasteiger partial charge < -0.3 is 10.5 Å². The largest absolute Gasteiger partial charge is 0.489 e. The maximum Gasteiger partial charge on any atom is 0.119 e. The molecule has 0 bridgehead atoms. The summed E-state index contributed by atoms with van der Waals surface area (Å²) in [6.07, 6.45) is 0. The van der Waals surface area contributed by atoms with E-state index in [1.165, 1.54) is 0 Å². The van der Waals surface area contributed by atoms with E-state index >= 15 is 0 Å². The van der Waals surface area contributed by atoms with Crippen LogP contribution in [-0.4, -0.2) is 0 Å². The molecule has 3 heteroatoms. The standard InChI is InChI=1S/C15H16BrNO/c1-11(17)13-5-7-15(8-6-13)18-10-12-3-2-4-14(16)9-12/h2-9,11H,10,17H2,1H3. The molecule has 2 rings (SSSR count). The molecule has 1 atom stereocenters. The van der Waals surface area contributed by atoms with Gasteiger partial charge in [0.25, 0.3) is 0 Å². The van der Waals surface area contributed by atoms with Crippen molar-refractivity contribution in [2.24, 2.45) is 5.73 Å². The molecule has 1 unspecified atom stereocenters. The molecule has 0 radical (unpaired) electrons. The van der Waals surface area contributed by atoms with Crippen molar-refractivity contribution in [2.75, 3.05) is 0 Å². The minimum Gasteiger partial charge on any atom is -0.489 e. The van der Waals surface area contributed by atoms with Crippen molar-refractivity contribution in [3.63, 3.8) is 0 Å². The maximum atomic E-state index is 5.80. The molecule has 0 amide bonds. The second kappa shape index (κ2) is 6.03. The topological polar surface area (TPSA) is 35.2 Å². The van der Waals surface area contributed by atoms with Crippen LogP contribution in [0.2, 0.25) is 0 Å². The highest BCUT2D eigenvalue weighted by atomic mass is 79.9. The lowest BCUT2D eigenvalue weighted by atomic mass is 10.1. The zero-order valence-corrected chi connectivity index (χ0v) is 11.9. The van der Waals surface area contributed by atoms with Crippen molar-refractivity contribution in [2.45, 2.75) is 19.6 Å². The van der Waals surface area contributed by atoms with Crippen LogP contribution in [0.25, 0.3) is 0 Å². The Bertz CT molecular complexity index is 508. The summed E-state index contributed by atoms with van der Waals surface area (Å²) in [5, 5.41) is 0. The summed E-state index contributed by atoms with van der Waals surface area (Å²) in [4.78, 5) is 0. The van der Waals surface area contributed by atoms with Crippen LogP contribution >= 0.6 is 15.9 Å². The lowest BCUT2D eigenvalue weighted by Crippen LogP contribution is -2.04. The van der Waals surface area contributed by atoms with Crippen LogP contribution in [0.4, 0.5) is 0 Å². The smallest absolute Gasteiger partial charge is 0.119 e. The van der Waals surface area contributed by atoms with E-state index in [1.54, 1.807) is 0 Å². The first-order chi connectivity index (χ1) is 8.65. The molecule has 0 aromatic heterocycles. The van der Waals surface area contributed by atoms with Crippen LogP contribution in [0.3, 0.4) is 0 Å². The Labute approximate surface area is 116 Å². The molecule has 2 aromatic carbocycles. The highest BCUT2D eigenvalue weighted by Gasteiger charge is 2.00. The van der Waals surface area contributed by atoms with Gasteiger partial charge >= 0.3 is 0 Å². The number of hydrogen-bond acceptors (Lipinski definition) is 2. The second-order valence-corrected chi connectivity index (χ2v) is 5.19. The number of rotatable bonds is 4. The van der Waals surface area contributed by atoms with E-state index in [-0.39, 0.29) is 6.04 Å². The Hall–Kier alpha value is -1.32. The normalized spacial score (nSPS) is 12.2. The van der Waals surface area contributed by atoms with Crippen LogP contribution in [-0.2, 0) is 6.61 Å². The van der Waals surface area contributed by atoms with Gasteiger partial charge in [0, 0.05) is 10.5 Å². The van der Waals surface area contributed by atoms with Crippen LogP contribution < -0.4 is 10.5 Å². The van der Waals surface area contributed by atoms with E-state index in [1.807, 2.05) is 49.4 Å². The first-order valence-corrected chi connectivity index (χ1v) is 6.67. The molecular weight excluding hydrogens is 290 g/mol. The van der Waals surface area contributed by atoms with Crippen LogP contribution in [0, 0.1) is 0 Å². The van der Waals surface area contributed by atoms with Gasteiger partial charge in [0.15, 0.2) is 0 Å². The molecule has 0 saturated carbocycles. The fourth-order valence-corrected chi connectivity index (χ4v) is 2.11. The molecule has 0 aliphatic carbocycles. The van der Waals surface area contributed by atoms with Crippen molar-refractivity contribution in [1.82, 2.24) is 0 Å². The molecule has 0 aliphatic rings. The summed E-state index contributed by atoms with van der Waals surface area (Å²) < 4.78 is 6.79. The van der Waals surface area contributed by atoms with E-state index in [0.717, 1.165) is 21.3 Å². The number of ether oxygens (including phenoxy) is 1. The highest BCUT2D eigenvalue weighted by molar-refractivity contribution is 9.10. The fourth-order valence-electron chi connectivity index (χ4n) is 1.66. The number of benzene rings is 2. The Morgan fingerprint density at radius 1 is 1.17 bits per heavy atom. The molecule has 0 aliphatic heterocycles. The quantitative estimate of drug-likeness (QED) is 0.925.